The van der Waals surface area contributed by atoms with E-state index in [1.165, 1.54) is 0 Å². The molecule has 146 valence electrons. The largest absolute Gasteiger partial charge is 0.497 e. The molecule has 29 heavy (non-hydrogen) atoms. The molecule has 0 saturated heterocycles. The first kappa shape index (κ1) is 19.0. The number of nitrogens with zero attached hydrogens (tertiary/aromatic N) is 2. The molecule has 0 spiro atoms. The fraction of sp³-hybridized carbons (Fsp3) is 0.130. The smallest absolute Gasteiger partial charge is 0.261 e. The van der Waals surface area contributed by atoms with Gasteiger partial charge in [0.25, 0.3) is 5.56 Å². The van der Waals surface area contributed by atoms with Gasteiger partial charge in [0, 0.05) is 16.7 Å². The molecule has 1 heterocycles. The molecule has 6 heteroatoms. The molecule has 0 unspecified atom stereocenters. The summed E-state index contributed by atoms with van der Waals surface area (Å²) in [5, 5.41) is 1.22. The Morgan fingerprint density at radius 3 is 2.24 bits per heavy atom. The van der Waals surface area contributed by atoms with Gasteiger partial charge in [-0.25, -0.2) is 4.98 Å². The molecule has 0 atom stereocenters. The molecule has 4 rings (SSSR count). The molecular formula is C23H19ClN2O3. The van der Waals surface area contributed by atoms with Crippen molar-refractivity contribution in [1.82, 2.24) is 9.55 Å². The number of methoxy groups -OCH3 is 2. The van der Waals surface area contributed by atoms with Crippen LogP contribution in [0.25, 0.3) is 22.3 Å². The average molecular weight is 407 g/mol. The Balaban J connectivity index is 1.97. The van der Waals surface area contributed by atoms with Crippen molar-refractivity contribution < 1.29 is 9.47 Å². The summed E-state index contributed by atoms with van der Waals surface area (Å²) in [6, 6.07) is 20.2. The first-order valence-electron chi connectivity index (χ1n) is 9.06. The van der Waals surface area contributed by atoms with E-state index >= 15 is 0 Å². The van der Waals surface area contributed by atoms with Crippen molar-refractivity contribution in [1.29, 1.82) is 0 Å². The number of hydrogen-bond acceptors (Lipinski definition) is 4. The van der Waals surface area contributed by atoms with Crippen LogP contribution in [0.15, 0.2) is 71.5 Å². The summed E-state index contributed by atoms with van der Waals surface area (Å²) in [6.07, 6.45) is 0. The Hall–Kier alpha value is -3.31. The van der Waals surface area contributed by atoms with Crippen molar-refractivity contribution >= 4 is 22.5 Å². The molecule has 4 aromatic rings. The number of ether oxygens (including phenoxy) is 2. The van der Waals surface area contributed by atoms with Crippen LogP contribution in [-0.2, 0) is 6.54 Å². The number of para-hydroxylation sites is 1. The van der Waals surface area contributed by atoms with Crippen LogP contribution < -0.4 is 15.0 Å². The summed E-state index contributed by atoms with van der Waals surface area (Å²) in [4.78, 5) is 18.1. The van der Waals surface area contributed by atoms with Crippen molar-refractivity contribution in [3.63, 3.8) is 0 Å². The van der Waals surface area contributed by atoms with Gasteiger partial charge < -0.3 is 9.47 Å². The fourth-order valence-corrected chi connectivity index (χ4v) is 3.37. The summed E-state index contributed by atoms with van der Waals surface area (Å²) < 4.78 is 12.5. The van der Waals surface area contributed by atoms with E-state index in [1.54, 1.807) is 30.9 Å². The van der Waals surface area contributed by atoms with Crippen molar-refractivity contribution in [2.45, 2.75) is 6.54 Å². The number of rotatable bonds is 5. The van der Waals surface area contributed by atoms with Crippen molar-refractivity contribution in [3.8, 4) is 22.9 Å². The lowest BCUT2D eigenvalue weighted by molar-refractivity contribution is 0.394. The van der Waals surface area contributed by atoms with Gasteiger partial charge in [0.1, 0.15) is 17.3 Å². The minimum atomic E-state index is -0.109. The quantitative estimate of drug-likeness (QED) is 0.478. The van der Waals surface area contributed by atoms with E-state index in [0.29, 0.717) is 39.8 Å². The van der Waals surface area contributed by atoms with E-state index in [1.807, 2.05) is 54.6 Å². The van der Waals surface area contributed by atoms with E-state index in [0.717, 1.165) is 11.1 Å². The molecular weight excluding hydrogens is 388 g/mol. The molecule has 3 aromatic carbocycles. The Morgan fingerprint density at radius 1 is 0.931 bits per heavy atom. The third-order valence-corrected chi connectivity index (χ3v) is 4.98. The zero-order chi connectivity index (χ0) is 20.4. The van der Waals surface area contributed by atoms with Gasteiger partial charge in [0.2, 0.25) is 0 Å². The van der Waals surface area contributed by atoms with Crippen LogP contribution in [0.2, 0.25) is 5.02 Å². The van der Waals surface area contributed by atoms with E-state index in [4.69, 9.17) is 26.1 Å². The number of aromatic nitrogens is 2. The van der Waals surface area contributed by atoms with Gasteiger partial charge in [0.05, 0.1) is 31.7 Å². The van der Waals surface area contributed by atoms with E-state index in [-0.39, 0.29) is 5.56 Å². The highest BCUT2D eigenvalue weighted by Gasteiger charge is 2.15. The van der Waals surface area contributed by atoms with Crippen LogP contribution >= 0.6 is 11.6 Å². The second kappa shape index (κ2) is 7.97. The van der Waals surface area contributed by atoms with Gasteiger partial charge >= 0.3 is 0 Å². The minimum absolute atomic E-state index is 0.109. The predicted octanol–water partition coefficient (Wildman–Crippen LogP) is 4.78. The average Bonchev–Trinajstić information content (AvgIpc) is 2.76. The maximum absolute atomic E-state index is 13.3. The molecule has 5 nitrogen and oxygen atoms in total. The zero-order valence-electron chi connectivity index (χ0n) is 16.1. The van der Waals surface area contributed by atoms with Gasteiger partial charge in [-0.15, -0.1) is 0 Å². The SMILES string of the molecule is COc1cc(OC)cc(-c2nc3ccccc3c(=O)n2Cc2ccc(Cl)cc2)c1. The fourth-order valence-electron chi connectivity index (χ4n) is 3.24. The third-order valence-electron chi connectivity index (χ3n) is 4.73. The van der Waals surface area contributed by atoms with Crippen LogP contribution in [-0.4, -0.2) is 23.8 Å². The van der Waals surface area contributed by atoms with Gasteiger partial charge in [-0.1, -0.05) is 35.9 Å². The standard InChI is InChI=1S/C23H19ClN2O3/c1-28-18-11-16(12-19(13-18)29-2)22-25-21-6-4-3-5-20(21)23(27)26(22)14-15-7-9-17(24)10-8-15/h3-13H,14H2,1-2H3. The van der Waals surface area contributed by atoms with Crippen LogP contribution in [0.3, 0.4) is 0 Å². The van der Waals surface area contributed by atoms with Crippen molar-refractivity contribution in [2.75, 3.05) is 14.2 Å². The van der Waals surface area contributed by atoms with Crippen LogP contribution in [0.1, 0.15) is 5.56 Å². The number of hydrogen-bond donors (Lipinski definition) is 0. The molecule has 0 amide bonds. The van der Waals surface area contributed by atoms with Gasteiger partial charge in [-0.2, -0.15) is 0 Å². The molecule has 0 N–H and O–H groups in total. The Labute approximate surface area is 173 Å². The van der Waals surface area contributed by atoms with Gasteiger partial charge in [-0.3, -0.25) is 9.36 Å². The third kappa shape index (κ3) is 3.82. The minimum Gasteiger partial charge on any atom is -0.497 e. The van der Waals surface area contributed by atoms with Crippen LogP contribution in [0.5, 0.6) is 11.5 Å². The summed E-state index contributed by atoms with van der Waals surface area (Å²) in [7, 11) is 3.18. The molecule has 0 aliphatic rings. The molecule has 0 saturated carbocycles. The van der Waals surface area contributed by atoms with Crippen LogP contribution in [0, 0.1) is 0 Å². The highest BCUT2D eigenvalue weighted by atomic mass is 35.5. The molecule has 0 bridgehead atoms. The number of halogens is 1. The zero-order valence-corrected chi connectivity index (χ0v) is 16.8. The predicted molar refractivity (Wildman–Crippen MR) is 115 cm³/mol. The van der Waals surface area contributed by atoms with E-state index in [2.05, 4.69) is 0 Å². The molecule has 0 aliphatic heterocycles. The summed E-state index contributed by atoms with van der Waals surface area (Å²) in [5.74, 6) is 1.79. The monoisotopic (exact) mass is 406 g/mol. The molecule has 1 aromatic heterocycles. The van der Waals surface area contributed by atoms with E-state index in [9.17, 15) is 4.79 Å². The highest BCUT2D eigenvalue weighted by Crippen LogP contribution is 2.29. The Morgan fingerprint density at radius 2 is 1.59 bits per heavy atom. The number of fused-ring (bicyclic) bond motifs is 1. The topological polar surface area (TPSA) is 53.4 Å². The van der Waals surface area contributed by atoms with Crippen molar-refractivity contribution in [2.24, 2.45) is 0 Å². The van der Waals surface area contributed by atoms with Crippen LogP contribution in [0.4, 0.5) is 0 Å². The summed E-state index contributed by atoms with van der Waals surface area (Å²) in [6.45, 7) is 0.364. The van der Waals surface area contributed by atoms with Gasteiger partial charge in [-0.05, 0) is 42.0 Å². The molecule has 0 radical (unpaired) electrons. The van der Waals surface area contributed by atoms with Crippen molar-refractivity contribution in [3.05, 3.63) is 87.7 Å². The lowest BCUT2D eigenvalue weighted by Crippen LogP contribution is -2.24. The molecule has 0 aliphatic carbocycles. The molecule has 0 fully saturated rings. The Bertz CT molecular complexity index is 1210. The summed E-state index contributed by atoms with van der Waals surface area (Å²) >= 11 is 6.01. The first-order valence-corrected chi connectivity index (χ1v) is 9.44. The summed E-state index contributed by atoms with van der Waals surface area (Å²) in [5.41, 5.74) is 2.21. The lowest BCUT2D eigenvalue weighted by atomic mass is 10.1. The highest BCUT2D eigenvalue weighted by molar-refractivity contribution is 6.30. The normalized spacial score (nSPS) is 10.9. The first-order chi connectivity index (χ1) is 14.1. The number of benzene rings is 3. The second-order valence-corrected chi connectivity index (χ2v) is 7.01. The maximum atomic E-state index is 13.3. The second-order valence-electron chi connectivity index (χ2n) is 6.57. The lowest BCUT2D eigenvalue weighted by Gasteiger charge is -2.15. The maximum Gasteiger partial charge on any atom is 0.261 e. The van der Waals surface area contributed by atoms with E-state index < -0.39 is 0 Å². The Kier molecular flexibility index (Phi) is 5.23. The van der Waals surface area contributed by atoms with Gasteiger partial charge in [0.15, 0.2) is 0 Å².